The van der Waals surface area contributed by atoms with Gasteiger partial charge in [-0.15, -0.1) is 0 Å². The van der Waals surface area contributed by atoms with Crippen LogP contribution in [0.4, 0.5) is 0 Å². The molecule has 3 heteroatoms. The van der Waals surface area contributed by atoms with Crippen molar-refractivity contribution in [2.45, 2.75) is 6.10 Å². The van der Waals surface area contributed by atoms with Gasteiger partial charge in [0, 0.05) is 19.1 Å². The molecule has 16 heavy (non-hydrogen) atoms. The molecule has 1 aliphatic carbocycles. The Balaban J connectivity index is 2.50. The lowest BCUT2D eigenvalue weighted by atomic mass is 9.92. The van der Waals surface area contributed by atoms with Gasteiger partial charge in [-0.05, 0) is 17.7 Å². The second kappa shape index (κ2) is 4.58. The van der Waals surface area contributed by atoms with E-state index in [2.05, 4.69) is 0 Å². The number of hydrogen-bond donors (Lipinski definition) is 0. The predicted octanol–water partition coefficient (Wildman–Crippen LogP) is 2.48. The van der Waals surface area contributed by atoms with E-state index in [1.54, 1.807) is 21.3 Å². The molecule has 1 aliphatic rings. The van der Waals surface area contributed by atoms with Gasteiger partial charge in [0.1, 0.15) is 17.6 Å². The number of ether oxygens (including phenoxy) is 3. The average molecular weight is 219 g/mol. The summed E-state index contributed by atoms with van der Waals surface area (Å²) in [6.07, 6.45) is 3.74. The van der Waals surface area contributed by atoms with Crippen LogP contribution >= 0.6 is 0 Å². The van der Waals surface area contributed by atoms with Crippen LogP contribution in [0.1, 0.15) is 17.2 Å². The van der Waals surface area contributed by atoms with Crippen molar-refractivity contribution in [2.75, 3.05) is 21.3 Å². The molecule has 1 unspecified atom stereocenters. The van der Waals surface area contributed by atoms with Gasteiger partial charge in [-0.25, -0.2) is 0 Å². The van der Waals surface area contributed by atoms with Crippen LogP contribution in [0.5, 0.6) is 5.75 Å². The molecule has 3 nitrogen and oxygen atoms in total. The van der Waals surface area contributed by atoms with E-state index in [1.165, 1.54) is 0 Å². The topological polar surface area (TPSA) is 27.7 Å². The molecule has 0 aromatic heterocycles. The van der Waals surface area contributed by atoms with Gasteiger partial charge in [-0.1, -0.05) is 12.1 Å². The lowest BCUT2D eigenvalue weighted by molar-refractivity contribution is 0.0749. The van der Waals surface area contributed by atoms with Gasteiger partial charge in [-0.2, -0.15) is 0 Å². The number of benzene rings is 1. The molecule has 0 saturated carbocycles. The molecule has 0 saturated heterocycles. The van der Waals surface area contributed by atoms with Crippen molar-refractivity contribution in [1.29, 1.82) is 0 Å². The molecule has 85 valence electrons. The second-order valence-electron chi connectivity index (χ2n) is 3.52. The molecule has 0 amide bonds. The first-order chi connectivity index (χ1) is 7.81. The summed E-state index contributed by atoms with van der Waals surface area (Å²) in [7, 11) is 4.97. The van der Waals surface area contributed by atoms with E-state index < -0.39 is 0 Å². The summed E-state index contributed by atoms with van der Waals surface area (Å²) < 4.78 is 16.1. The quantitative estimate of drug-likeness (QED) is 0.781. The average Bonchev–Trinajstić information content (AvgIpc) is 2.36. The lowest BCUT2D eigenvalue weighted by Crippen LogP contribution is -2.14. The molecule has 0 fully saturated rings. The molecule has 0 bridgehead atoms. The molecule has 0 heterocycles. The summed E-state index contributed by atoms with van der Waals surface area (Å²) in [6.45, 7) is 0. The van der Waals surface area contributed by atoms with E-state index >= 15 is 0 Å². The third kappa shape index (κ3) is 1.67. The SMILES string of the molecule is COC1=C[CH]c2cccc(OC)c2C1OC. The van der Waals surface area contributed by atoms with E-state index in [1.807, 2.05) is 30.7 Å². The maximum absolute atomic E-state index is 5.47. The molecule has 0 N–H and O–H groups in total. The minimum absolute atomic E-state index is 0.193. The molecule has 0 aliphatic heterocycles. The highest BCUT2D eigenvalue weighted by Crippen LogP contribution is 2.39. The van der Waals surface area contributed by atoms with E-state index in [9.17, 15) is 0 Å². The number of rotatable bonds is 3. The Bertz CT molecular complexity index is 410. The molecule has 1 aromatic carbocycles. The van der Waals surface area contributed by atoms with Crippen LogP contribution in [0, 0.1) is 6.42 Å². The highest BCUT2D eigenvalue weighted by atomic mass is 16.5. The fraction of sp³-hybridized carbons (Fsp3) is 0.308. The Morgan fingerprint density at radius 2 is 1.88 bits per heavy atom. The van der Waals surface area contributed by atoms with Crippen molar-refractivity contribution in [3.63, 3.8) is 0 Å². The van der Waals surface area contributed by atoms with E-state index in [0.29, 0.717) is 0 Å². The van der Waals surface area contributed by atoms with Crippen LogP contribution in [0.2, 0.25) is 0 Å². The van der Waals surface area contributed by atoms with Crippen molar-refractivity contribution in [2.24, 2.45) is 0 Å². The number of allylic oxidation sites excluding steroid dienone is 1. The standard InChI is InChI=1S/C13H15O3/c1-14-10-6-4-5-9-7-8-11(15-2)13(16-3)12(9)10/h4-8,13H,1-3H3. The van der Waals surface area contributed by atoms with Crippen LogP contribution in [0.15, 0.2) is 30.0 Å². The first-order valence-electron chi connectivity index (χ1n) is 5.10. The van der Waals surface area contributed by atoms with Gasteiger partial charge in [0.15, 0.2) is 0 Å². The fourth-order valence-corrected chi connectivity index (χ4v) is 1.98. The molecule has 1 aromatic rings. The Morgan fingerprint density at radius 3 is 2.50 bits per heavy atom. The minimum Gasteiger partial charge on any atom is -0.498 e. The molecule has 1 atom stereocenters. The Morgan fingerprint density at radius 1 is 1.06 bits per heavy atom. The monoisotopic (exact) mass is 219 g/mol. The predicted molar refractivity (Wildman–Crippen MR) is 61.2 cm³/mol. The maximum Gasteiger partial charge on any atom is 0.143 e. The number of methoxy groups -OCH3 is 3. The van der Waals surface area contributed by atoms with Crippen molar-refractivity contribution in [1.82, 2.24) is 0 Å². The van der Waals surface area contributed by atoms with Crippen LogP contribution in [0.3, 0.4) is 0 Å². The zero-order chi connectivity index (χ0) is 11.5. The summed E-state index contributed by atoms with van der Waals surface area (Å²) in [4.78, 5) is 0. The summed E-state index contributed by atoms with van der Waals surface area (Å²) in [5, 5.41) is 0. The number of fused-ring (bicyclic) bond motifs is 1. The third-order valence-corrected chi connectivity index (χ3v) is 2.74. The van der Waals surface area contributed by atoms with Crippen molar-refractivity contribution in [3.05, 3.63) is 47.6 Å². The Hall–Kier alpha value is -1.48. The van der Waals surface area contributed by atoms with Crippen LogP contribution in [0.25, 0.3) is 0 Å². The third-order valence-electron chi connectivity index (χ3n) is 2.74. The van der Waals surface area contributed by atoms with Crippen molar-refractivity contribution < 1.29 is 14.2 Å². The van der Waals surface area contributed by atoms with Gasteiger partial charge in [0.2, 0.25) is 0 Å². The molecule has 1 radical (unpaired) electrons. The highest BCUT2D eigenvalue weighted by molar-refractivity contribution is 5.52. The van der Waals surface area contributed by atoms with E-state index in [-0.39, 0.29) is 6.10 Å². The maximum atomic E-state index is 5.47. The zero-order valence-corrected chi connectivity index (χ0v) is 9.69. The summed E-state index contributed by atoms with van der Waals surface area (Å²) in [6, 6.07) is 5.93. The van der Waals surface area contributed by atoms with Crippen molar-refractivity contribution >= 4 is 0 Å². The van der Waals surface area contributed by atoms with Crippen LogP contribution in [-0.4, -0.2) is 21.3 Å². The van der Waals surface area contributed by atoms with Gasteiger partial charge in [0.25, 0.3) is 0 Å². The summed E-state index contributed by atoms with van der Waals surface area (Å²) in [5.41, 5.74) is 2.12. The van der Waals surface area contributed by atoms with E-state index in [4.69, 9.17) is 14.2 Å². The first kappa shape index (κ1) is 11.0. The minimum atomic E-state index is -0.193. The van der Waals surface area contributed by atoms with Crippen LogP contribution < -0.4 is 4.74 Å². The summed E-state index contributed by atoms with van der Waals surface area (Å²) in [5.74, 6) is 1.61. The normalized spacial score (nSPS) is 18.7. The molecule has 0 spiro atoms. The molecular formula is C13H15O3. The molecular weight excluding hydrogens is 204 g/mol. The first-order valence-corrected chi connectivity index (χ1v) is 5.10. The Labute approximate surface area is 95.6 Å². The van der Waals surface area contributed by atoms with Gasteiger partial charge in [-0.3, -0.25) is 0 Å². The summed E-state index contributed by atoms with van der Waals surface area (Å²) >= 11 is 0. The largest absolute Gasteiger partial charge is 0.498 e. The zero-order valence-electron chi connectivity index (χ0n) is 9.69. The van der Waals surface area contributed by atoms with Crippen LogP contribution in [-0.2, 0) is 9.47 Å². The fourth-order valence-electron chi connectivity index (χ4n) is 1.98. The highest BCUT2D eigenvalue weighted by Gasteiger charge is 2.27. The van der Waals surface area contributed by atoms with E-state index in [0.717, 1.165) is 22.6 Å². The molecule has 2 rings (SSSR count). The number of hydrogen-bond acceptors (Lipinski definition) is 3. The second-order valence-corrected chi connectivity index (χ2v) is 3.52. The van der Waals surface area contributed by atoms with Gasteiger partial charge >= 0.3 is 0 Å². The van der Waals surface area contributed by atoms with Crippen molar-refractivity contribution in [3.8, 4) is 5.75 Å². The Kier molecular flexibility index (Phi) is 3.15. The lowest BCUT2D eigenvalue weighted by Gasteiger charge is -2.26. The smallest absolute Gasteiger partial charge is 0.143 e. The van der Waals surface area contributed by atoms with Gasteiger partial charge < -0.3 is 14.2 Å². The van der Waals surface area contributed by atoms with Gasteiger partial charge in [0.05, 0.1) is 14.2 Å².